The Morgan fingerprint density at radius 3 is 2.41 bits per heavy atom. The van der Waals surface area contributed by atoms with Crippen LogP contribution in [-0.4, -0.2) is 85.5 Å². The number of hydrogen-bond acceptors (Lipinski definition) is 5. The highest BCUT2D eigenvalue weighted by Gasteiger charge is 2.39. The second-order valence-corrected chi connectivity index (χ2v) is 9.47. The summed E-state index contributed by atoms with van der Waals surface area (Å²) >= 11 is 0. The van der Waals surface area contributed by atoms with Crippen LogP contribution in [0, 0.1) is 0 Å². The Hall–Kier alpha value is -2.13. The van der Waals surface area contributed by atoms with Crippen LogP contribution >= 0.6 is 0 Å². The Morgan fingerprint density at radius 2 is 1.76 bits per heavy atom. The first-order chi connectivity index (χ1) is 13.9. The molecule has 0 N–H and O–H groups in total. The van der Waals surface area contributed by atoms with Gasteiger partial charge in [-0.3, -0.25) is 9.59 Å². The molecule has 2 fully saturated rings. The quantitative estimate of drug-likeness (QED) is 0.686. The molecule has 1 atom stereocenters. The zero-order valence-corrected chi connectivity index (χ0v) is 17.9. The third kappa shape index (κ3) is 4.56. The molecule has 2 heterocycles. The van der Waals surface area contributed by atoms with E-state index in [4.69, 9.17) is 4.74 Å². The number of likely N-dealkylation sites (tertiary alicyclic amines) is 1. The number of benzene rings is 1. The van der Waals surface area contributed by atoms with Gasteiger partial charge in [0.1, 0.15) is 11.8 Å². The number of carbonyl (C=O) groups excluding carboxylic acids is 2. The lowest BCUT2D eigenvalue weighted by Crippen LogP contribution is -2.55. The average molecular weight is 424 g/mol. The van der Waals surface area contributed by atoms with Crippen LogP contribution in [0.4, 0.5) is 0 Å². The van der Waals surface area contributed by atoms with Gasteiger partial charge in [-0.25, -0.2) is 8.42 Å². The Bertz CT molecular complexity index is 849. The topological polar surface area (TPSA) is 87.2 Å². The van der Waals surface area contributed by atoms with E-state index in [9.17, 15) is 18.0 Å². The predicted molar refractivity (Wildman–Crippen MR) is 109 cm³/mol. The van der Waals surface area contributed by atoms with Crippen LogP contribution in [0.25, 0.3) is 0 Å². The molecule has 29 heavy (non-hydrogen) atoms. The smallest absolute Gasteiger partial charge is 0.258 e. The maximum atomic E-state index is 13.2. The van der Waals surface area contributed by atoms with E-state index in [-0.39, 0.29) is 17.6 Å². The number of nitrogens with zero attached hydrogens (tertiary/aromatic N) is 3. The highest BCUT2D eigenvalue weighted by atomic mass is 32.2. The maximum absolute atomic E-state index is 13.2. The van der Waals surface area contributed by atoms with E-state index < -0.39 is 16.1 Å². The van der Waals surface area contributed by atoms with Crippen molar-refractivity contribution < 1.29 is 22.7 Å². The van der Waals surface area contributed by atoms with Crippen molar-refractivity contribution in [3.05, 3.63) is 29.8 Å². The Kier molecular flexibility index (Phi) is 6.79. The number of para-hydroxylation sites is 1. The van der Waals surface area contributed by atoms with Crippen molar-refractivity contribution in [1.82, 2.24) is 14.1 Å². The number of sulfonamides is 1. The minimum Gasteiger partial charge on any atom is -0.493 e. The summed E-state index contributed by atoms with van der Waals surface area (Å²) in [6, 6.07) is 6.58. The van der Waals surface area contributed by atoms with Crippen molar-refractivity contribution >= 4 is 21.8 Å². The van der Waals surface area contributed by atoms with Gasteiger partial charge < -0.3 is 14.5 Å². The van der Waals surface area contributed by atoms with E-state index in [1.54, 1.807) is 34.9 Å². The van der Waals surface area contributed by atoms with Gasteiger partial charge in [-0.05, 0) is 38.8 Å². The third-order valence-corrected chi connectivity index (χ3v) is 7.41. The van der Waals surface area contributed by atoms with Gasteiger partial charge in [0.05, 0.1) is 17.9 Å². The fourth-order valence-corrected chi connectivity index (χ4v) is 5.01. The zero-order valence-electron chi connectivity index (χ0n) is 17.0. The van der Waals surface area contributed by atoms with Crippen LogP contribution in [0.3, 0.4) is 0 Å². The number of piperazine rings is 1. The summed E-state index contributed by atoms with van der Waals surface area (Å²) in [7, 11) is -3.24. The minimum absolute atomic E-state index is 0.0606. The molecule has 2 amide bonds. The van der Waals surface area contributed by atoms with Gasteiger partial charge in [0.2, 0.25) is 15.9 Å². The molecular weight excluding hydrogens is 394 g/mol. The fourth-order valence-electron chi connectivity index (χ4n) is 3.93. The summed E-state index contributed by atoms with van der Waals surface area (Å²) in [6.07, 6.45) is 1.39. The first-order valence-electron chi connectivity index (χ1n) is 10.2. The molecule has 0 spiro atoms. The van der Waals surface area contributed by atoms with Crippen molar-refractivity contribution in [3.8, 4) is 5.75 Å². The van der Waals surface area contributed by atoms with Crippen LogP contribution in [0.5, 0.6) is 5.75 Å². The molecule has 2 saturated heterocycles. The lowest BCUT2D eigenvalue weighted by molar-refractivity contribution is -0.136. The second-order valence-electron chi connectivity index (χ2n) is 7.21. The van der Waals surface area contributed by atoms with Crippen molar-refractivity contribution in [3.63, 3.8) is 0 Å². The van der Waals surface area contributed by atoms with Crippen molar-refractivity contribution in [1.29, 1.82) is 0 Å². The van der Waals surface area contributed by atoms with Crippen LogP contribution in [0.1, 0.15) is 37.0 Å². The largest absolute Gasteiger partial charge is 0.493 e. The molecule has 0 bridgehead atoms. The van der Waals surface area contributed by atoms with E-state index in [1.165, 1.54) is 4.31 Å². The number of ether oxygens (including phenoxy) is 1. The van der Waals surface area contributed by atoms with E-state index in [0.29, 0.717) is 57.1 Å². The van der Waals surface area contributed by atoms with Gasteiger partial charge in [0, 0.05) is 32.7 Å². The number of rotatable bonds is 6. The molecule has 0 saturated carbocycles. The first kappa shape index (κ1) is 21.6. The van der Waals surface area contributed by atoms with Crippen LogP contribution in [0.2, 0.25) is 0 Å². The molecule has 2 aliphatic heterocycles. The number of hydrogen-bond donors (Lipinski definition) is 0. The zero-order chi connectivity index (χ0) is 21.0. The van der Waals surface area contributed by atoms with Crippen molar-refractivity contribution in [2.24, 2.45) is 0 Å². The van der Waals surface area contributed by atoms with Crippen molar-refractivity contribution in [2.75, 3.05) is 45.1 Å². The second kappa shape index (κ2) is 9.13. The molecule has 2 aliphatic rings. The van der Waals surface area contributed by atoms with Crippen LogP contribution in [-0.2, 0) is 14.8 Å². The molecule has 1 aromatic rings. The standard InChI is InChI=1S/C20H29N3O5S/c1-3-28-18-10-6-5-8-16(18)19(24)23-11-7-9-17(23)20(25)21-12-14-22(15-13-21)29(26,27)4-2/h5-6,8,10,17H,3-4,7,9,11-15H2,1-2H3. The summed E-state index contributed by atoms with van der Waals surface area (Å²) in [5, 5.41) is 0. The molecule has 0 aliphatic carbocycles. The lowest BCUT2D eigenvalue weighted by atomic mass is 10.1. The van der Waals surface area contributed by atoms with Crippen LogP contribution in [0.15, 0.2) is 24.3 Å². The molecule has 3 rings (SSSR count). The molecule has 1 unspecified atom stereocenters. The van der Waals surface area contributed by atoms with Crippen LogP contribution < -0.4 is 4.74 Å². The van der Waals surface area contributed by atoms with E-state index in [2.05, 4.69) is 0 Å². The Morgan fingerprint density at radius 1 is 1.07 bits per heavy atom. The molecule has 0 aromatic heterocycles. The van der Waals surface area contributed by atoms with Gasteiger partial charge in [-0.2, -0.15) is 4.31 Å². The maximum Gasteiger partial charge on any atom is 0.258 e. The minimum atomic E-state index is -3.24. The first-order valence-corrected chi connectivity index (χ1v) is 11.8. The summed E-state index contributed by atoms with van der Waals surface area (Å²) in [4.78, 5) is 29.6. The van der Waals surface area contributed by atoms with E-state index >= 15 is 0 Å². The highest BCUT2D eigenvalue weighted by molar-refractivity contribution is 7.89. The SMILES string of the molecule is CCOc1ccccc1C(=O)N1CCCC1C(=O)N1CCN(S(=O)(=O)CC)CC1. The van der Waals surface area contributed by atoms with Crippen molar-refractivity contribution in [2.45, 2.75) is 32.7 Å². The third-order valence-electron chi connectivity index (χ3n) is 5.52. The van der Waals surface area contributed by atoms with Gasteiger partial charge >= 0.3 is 0 Å². The average Bonchev–Trinajstić information content (AvgIpc) is 3.23. The lowest BCUT2D eigenvalue weighted by Gasteiger charge is -2.36. The molecule has 9 heteroatoms. The van der Waals surface area contributed by atoms with E-state index in [1.807, 2.05) is 13.0 Å². The molecule has 8 nitrogen and oxygen atoms in total. The molecule has 1 aromatic carbocycles. The summed E-state index contributed by atoms with van der Waals surface area (Å²) < 4.78 is 31.1. The van der Waals surface area contributed by atoms with Gasteiger partial charge in [0.15, 0.2) is 0 Å². The summed E-state index contributed by atoms with van der Waals surface area (Å²) in [5.41, 5.74) is 0.466. The van der Waals surface area contributed by atoms with Gasteiger partial charge in [0.25, 0.3) is 5.91 Å². The normalized spacial score (nSPS) is 20.7. The Labute approximate surface area is 172 Å². The Balaban J connectivity index is 1.70. The fraction of sp³-hybridized carbons (Fsp3) is 0.600. The monoisotopic (exact) mass is 423 g/mol. The summed E-state index contributed by atoms with van der Waals surface area (Å²) in [6.45, 7) is 5.78. The highest BCUT2D eigenvalue weighted by Crippen LogP contribution is 2.26. The molecular formula is C20H29N3O5S. The summed E-state index contributed by atoms with van der Waals surface area (Å²) in [5.74, 6) is 0.289. The van der Waals surface area contributed by atoms with Gasteiger partial charge in [-0.15, -0.1) is 0 Å². The van der Waals surface area contributed by atoms with Gasteiger partial charge in [-0.1, -0.05) is 12.1 Å². The number of carbonyl (C=O) groups is 2. The predicted octanol–water partition coefficient (Wildman–Crippen LogP) is 1.18. The molecule has 160 valence electrons. The van der Waals surface area contributed by atoms with E-state index in [0.717, 1.165) is 6.42 Å². The molecule has 0 radical (unpaired) electrons. The number of amides is 2.